The minimum Gasteiger partial charge on any atom is -0.395 e. The van der Waals surface area contributed by atoms with Gasteiger partial charge in [0.2, 0.25) is 0 Å². The lowest BCUT2D eigenvalue weighted by molar-refractivity contribution is -0.286. The van der Waals surface area contributed by atoms with Crippen LogP contribution in [0.5, 0.6) is 11.5 Å². The number of nitrogens with one attached hydrogen (secondary N) is 1. The molecule has 1 heterocycles. The van der Waals surface area contributed by atoms with Gasteiger partial charge in [0, 0.05) is 17.8 Å². The molecule has 3 nitrogen and oxygen atoms in total. The normalized spacial score (nSPS) is 17.2. The Labute approximate surface area is 77.3 Å². The molecular weight excluding hydrogens is 204 g/mol. The first kappa shape index (κ1) is 8.37. The van der Waals surface area contributed by atoms with Crippen molar-refractivity contribution in [2.75, 3.05) is 4.84 Å². The topological polar surface area (TPSA) is 30.5 Å². The number of rotatable bonds is 1. The van der Waals surface area contributed by atoms with E-state index in [4.69, 9.17) is 11.8 Å². The third kappa shape index (κ3) is 1.47. The van der Waals surface area contributed by atoms with Crippen molar-refractivity contribution in [2.24, 2.45) is 0 Å². The molecule has 13 heavy (non-hydrogen) atoms. The van der Waals surface area contributed by atoms with Crippen molar-refractivity contribution in [3.63, 3.8) is 0 Å². The molecule has 1 N–H and O–H groups in total. The average molecular weight is 208 g/mol. The molecule has 1 aromatic rings. The van der Waals surface area contributed by atoms with E-state index in [-0.39, 0.29) is 11.5 Å². The fourth-order valence-electron chi connectivity index (χ4n) is 1.01. The van der Waals surface area contributed by atoms with Crippen molar-refractivity contribution in [3.05, 3.63) is 18.2 Å². The lowest BCUT2D eigenvalue weighted by Crippen LogP contribution is -2.25. The van der Waals surface area contributed by atoms with Gasteiger partial charge in [-0.05, 0) is 12.1 Å². The van der Waals surface area contributed by atoms with Crippen molar-refractivity contribution < 1.29 is 18.3 Å². The molecule has 6 heteroatoms. The Bertz CT molecular complexity index is 345. The maximum atomic E-state index is 12.5. The van der Waals surface area contributed by atoms with Crippen LogP contribution in [0, 0.1) is 0 Å². The molecule has 0 radical (unpaired) electrons. The third-order valence-corrected chi connectivity index (χ3v) is 1.73. The SMILES string of the molecule is FC1(F)Oc2ccc(NCl)cc2O1. The van der Waals surface area contributed by atoms with Gasteiger partial charge in [-0.2, -0.15) is 0 Å². The molecule has 0 aromatic heterocycles. The zero-order chi connectivity index (χ0) is 9.47. The summed E-state index contributed by atoms with van der Waals surface area (Å²) in [7, 11) is 0. The van der Waals surface area contributed by atoms with Gasteiger partial charge in [-0.3, -0.25) is 4.84 Å². The summed E-state index contributed by atoms with van der Waals surface area (Å²) in [4.78, 5) is 2.28. The summed E-state index contributed by atoms with van der Waals surface area (Å²) in [5.74, 6) is -0.0312. The monoisotopic (exact) mass is 207 g/mol. The zero-order valence-electron chi connectivity index (χ0n) is 6.18. The maximum Gasteiger partial charge on any atom is 0.586 e. The first-order chi connectivity index (χ1) is 6.11. The maximum absolute atomic E-state index is 12.5. The van der Waals surface area contributed by atoms with Crippen LogP contribution >= 0.6 is 11.8 Å². The van der Waals surface area contributed by atoms with Crippen LogP contribution in [0.25, 0.3) is 0 Å². The van der Waals surface area contributed by atoms with Gasteiger partial charge >= 0.3 is 6.29 Å². The second kappa shape index (κ2) is 2.63. The highest BCUT2D eigenvalue weighted by Gasteiger charge is 2.43. The molecule has 0 bridgehead atoms. The molecule has 1 aliphatic heterocycles. The molecule has 0 unspecified atom stereocenters. The first-order valence-electron chi connectivity index (χ1n) is 3.37. The number of hydrogen-bond acceptors (Lipinski definition) is 3. The van der Waals surface area contributed by atoms with Crippen molar-refractivity contribution in [3.8, 4) is 11.5 Å². The van der Waals surface area contributed by atoms with Gasteiger partial charge < -0.3 is 9.47 Å². The van der Waals surface area contributed by atoms with Gasteiger partial charge in [0.05, 0.1) is 5.69 Å². The standard InChI is InChI=1S/C7H4ClF2NO2/c8-11-4-1-2-5-6(3-4)13-7(9,10)12-5/h1-3,11H. The predicted octanol–water partition coefficient (Wildman–Crippen LogP) is 2.57. The average Bonchev–Trinajstić information content (AvgIpc) is 2.36. The molecule has 2 rings (SSSR count). The summed E-state index contributed by atoms with van der Waals surface area (Å²) in [5, 5.41) is 0. The number of anilines is 1. The Morgan fingerprint density at radius 1 is 1.23 bits per heavy atom. The highest BCUT2D eigenvalue weighted by Crippen LogP contribution is 2.42. The molecule has 70 valence electrons. The number of halogens is 3. The van der Waals surface area contributed by atoms with E-state index in [0.717, 1.165) is 0 Å². The van der Waals surface area contributed by atoms with Crippen LogP contribution in [0.1, 0.15) is 0 Å². The second-order valence-electron chi connectivity index (χ2n) is 2.42. The molecular formula is C7H4ClF2NO2. The summed E-state index contributed by atoms with van der Waals surface area (Å²) in [6.07, 6.45) is -3.58. The quantitative estimate of drug-likeness (QED) is 0.718. The fraction of sp³-hybridized carbons (Fsp3) is 0.143. The van der Waals surface area contributed by atoms with Crippen LogP contribution in [0.3, 0.4) is 0 Å². The van der Waals surface area contributed by atoms with Gasteiger partial charge in [0.15, 0.2) is 11.5 Å². The van der Waals surface area contributed by atoms with E-state index >= 15 is 0 Å². The Hall–Kier alpha value is -1.23. The van der Waals surface area contributed by atoms with E-state index in [1.807, 2.05) is 0 Å². The molecule has 1 aliphatic rings. The second-order valence-corrected chi connectivity index (χ2v) is 2.61. The van der Waals surface area contributed by atoms with E-state index in [1.165, 1.54) is 18.2 Å². The summed E-state index contributed by atoms with van der Waals surface area (Å²) in [6.45, 7) is 0. The molecule has 0 saturated carbocycles. The van der Waals surface area contributed by atoms with Gasteiger partial charge in [0.1, 0.15) is 0 Å². The summed E-state index contributed by atoms with van der Waals surface area (Å²) in [6, 6.07) is 4.17. The van der Waals surface area contributed by atoms with Crippen LogP contribution < -0.4 is 14.3 Å². The minimum atomic E-state index is -3.58. The molecule has 0 atom stereocenters. The van der Waals surface area contributed by atoms with Crippen LogP contribution in [0.4, 0.5) is 14.5 Å². The number of fused-ring (bicyclic) bond motifs is 1. The van der Waals surface area contributed by atoms with E-state index in [1.54, 1.807) is 0 Å². The van der Waals surface area contributed by atoms with E-state index in [2.05, 4.69) is 14.3 Å². The molecule has 0 amide bonds. The lowest BCUT2D eigenvalue weighted by Gasteiger charge is -2.04. The highest BCUT2D eigenvalue weighted by molar-refractivity contribution is 6.24. The summed E-state index contributed by atoms with van der Waals surface area (Å²) < 4.78 is 33.3. The van der Waals surface area contributed by atoms with Gasteiger partial charge in [-0.1, -0.05) is 0 Å². The number of ether oxygens (including phenoxy) is 2. The van der Waals surface area contributed by atoms with E-state index in [0.29, 0.717) is 5.69 Å². The lowest BCUT2D eigenvalue weighted by atomic mass is 10.3. The largest absolute Gasteiger partial charge is 0.586 e. The molecule has 0 fully saturated rings. The Morgan fingerprint density at radius 3 is 2.62 bits per heavy atom. The minimum absolute atomic E-state index is 0.000617. The third-order valence-electron chi connectivity index (χ3n) is 1.51. The van der Waals surface area contributed by atoms with Crippen molar-refractivity contribution in [1.29, 1.82) is 0 Å². The smallest absolute Gasteiger partial charge is 0.395 e. The summed E-state index contributed by atoms with van der Waals surface area (Å²) in [5.41, 5.74) is 0.460. The van der Waals surface area contributed by atoms with Crippen LogP contribution in [-0.2, 0) is 0 Å². The number of benzene rings is 1. The number of alkyl halides is 2. The van der Waals surface area contributed by atoms with E-state index in [9.17, 15) is 8.78 Å². The van der Waals surface area contributed by atoms with Crippen LogP contribution in [0.15, 0.2) is 18.2 Å². The van der Waals surface area contributed by atoms with Crippen LogP contribution in [0.2, 0.25) is 0 Å². The summed E-state index contributed by atoms with van der Waals surface area (Å²) >= 11 is 5.27. The molecule has 0 spiro atoms. The van der Waals surface area contributed by atoms with Crippen molar-refractivity contribution in [2.45, 2.75) is 6.29 Å². The van der Waals surface area contributed by atoms with Gasteiger partial charge in [-0.15, -0.1) is 8.78 Å². The highest BCUT2D eigenvalue weighted by atomic mass is 35.5. The Balaban J connectivity index is 2.36. The van der Waals surface area contributed by atoms with Crippen molar-refractivity contribution >= 4 is 17.5 Å². The predicted molar refractivity (Wildman–Crippen MR) is 42.1 cm³/mol. The van der Waals surface area contributed by atoms with E-state index < -0.39 is 6.29 Å². The molecule has 1 aromatic carbocycles. The molecule has 0 saturated heterocycles. The fourth-order valence-corrected chi connectivity index (χ4v) is 1.13. The molecule has 0 aliphatic carbocycles. The number of hydrogen-bond donors (Lipinski definition) is 1. The van der Waals surface area contributed by atoms with Crippen molar-refractivity contribution in [1.82, 2.24) is 0 Å². The van der Waals surface area contributed by atoms with Crippen LogP contribution in [-0.4, -0.2) is 6.29 Å². The zero-order valence-corrected chi connectivity index (χ0v) is 6.94. The first-order valence-corrected chi connectivity index (χ1v) is 3.75. The Morgan fingerprint density at radius 2 is 1.92 bits per heavy atom. The Kier molecular flexibility index (Phi) is 1.69. The van der Waals surface area contributed by atoms with Gasteiger partial charge in [0.25, 0.3) is 0 Å². The van der Waals surface area contributed by atoms with Gasteiger partial charge in [-0.25, -0.2) is 0 Å².